The van der Waals surface area contributed by atoms with E-state index in [1.54, 1.807) is 0 Å². The summed E-state index contributed by atoms with van der Waals surface area (Å²) in [4.78, 5) is 2.25. The fourth-order valence-corrected chi connectivity index (χ4v) is 1.65. The van der Waals surface area contributed by atoms with Gasteiger partial charge in [-0.25, -0.2) is 0 Å². The lowest BCUT2D eigenvalue weighted by Gasteiger charge is -2.19. The van der Waals surface area contributed by atoms with E-state index in [1.807, 2.05) is 18.2 Å². The smallest absolute Gasteiger partial charge is 0.125 e. The molecule has 78 valence electrons. The van der Waals surface area contributed by atoms with Crippen LogP contribution in [0.1, 0.15) is 18.1 Å². The van der Waals surface area contributed by atoms with E-state index in [0.717, 1.165) is 17.9 Å². The number of nitrogens with zero attached hydrogens (tertiary/aromatic N) is 2. The summed E-state index contributed by atoms with van der Waals surface area (Å²) >= 11 is 0. The molecule has 1 aromatic carbocycles. The molecule has 1 aromatic rings. The molecule has 15 heavy (non-hydrogen) atoms. The number of ether oxygens (including phenoxy) is 1. The Labute approximate surface area is 89.9 Å². The van der Waals surface area contributed by atoms with Gasteiger partial charge in [0.25, 0.3) is 0 Å². The van der Waals surface area contributed by atoms with E-state index in [1.165, 1.54) is 0 Å². The molecular formula is C12H14N2O. The van der Waals surface area contributed by atoms with E-state index in [-0.39, 0.29) is 0 Å². The van der Waals surface area contributed by atoms with Crippen molar-refractivity contribution in [3.63, 3.8) is 0 Å². The summed E-state index contributed by atoms with van der Waals surface area (Å²) in [5.74, 6) is 0.852. The zero-order valence-electron chi connectivity index (χ0n) is 9.03. The molecule has 1 unspecified atom stereocenters. The maximum Gasteiger partial charge on any atom is 0.125 e. The van der Waals surface area contributed by atoms with Crippen molar-refractivity contribution in [2.24, 2.45) is 0 Å². The molecular weight excluding hydrogens is 188 g/mol. The van der Waals surface area contributed by atoms with Crippen LogP contribution in [0.5, 0.6) is 5.75 Å². The minimum Gasteiger partial charge on any atom is -0.492 e. The maximum absolute atomic E-state index is 8.80. The molecule has 1 aliphatic heterocycles. The van der Waals surface area contributed by atoms with Crippen LogP contribution in [0.3, 0.4) is 0 Å². The van der Waals surface area contributed by atoms with Crippen LogP contribution in [-0.4, -0.2) is 24.6 Å². The van der Waals surface area contributed by atoms with Gasteiger partial charge in [-0.05, 0) is 26.1 Å². The summed E-state index contributed by atoms with van der Waals surface area (Å²) in [6.07, 6.45) is 0. The second-order valence-corrected chi connectivity index (χ2v) is 4.01. The van der Waals surface area contributed by atoms with Crippen molar-refractivity contribution in [2.45, 2.75) is 19.5 Å². The van der Waals surface area contributed by atoms with Crippen molar-refractivity contribution in [2.75, 3.05) is 13.7 Å². The Morgan fingerprint density at radius 1 is 1.53 bits per heavy atom. The van der Waals surface area contributed by atoms with Crippen LogP contribution in [0.15, 0.2) is 18.2 Å². The van der Waals surface area contributed by atoms with Gasteiger partial charge in [0.15, 0.2) is 0 Å². The number of benzene rings is 1. The molecule has 0 saturated heterocycles. The van der Waals surface area contributed by atoms with E-state index in [0.29, 0.717) is 18.2 Å². The molecule has 0 aliphatic carbocycles. The van der Waals surface area contributed by atoms with Gasteiger partial charge in [-0.15, -0.1) is 0 Å². The average Bonchev–Trinajstić information content (AvgIpc) is 2.39. The standard InChI is InChI=1S/C12H14N2O/c1-9-8-15-12-5-10(6-13)3-4-11(12)7-14(9)2/h3-5,9H,7-8H2,1-2H3. The number of nitriles is 1. The summed E-state index contributed by atoms with van der Waals surface area (Å²) < 4.78 is 5.68. The molecule has 2 rings (SSSR count). The van der Waals surface area contributed by atoms with Gasteiger partial charge in [-0.1, -0.05) is 6.07 Å². The lowest BCUT2D eigenvalue weighted by molar-refractivity contribution is 0.189. The van der Waals surface area contributed by atoms with Crippen LogP contribution in [-0.2, 0) is 6.54 Å². The fourth-order valence-electron chi connectivity index (χ4n) is 1.65. The van der Waals surface area contributed by atoms with Crippen molar-refractivity contribution in [3.05, 3.63) is 29.3 Å². The fraction of sp³-hybridized carbons (Fsp3) is 0.417. The maximum atomic E-state index is 8.80. The van der Waals surface area contributed by atoms with Crippen LogP contribution in [0.4, 0.5) is 0 Å². The van der Waals surface area contributed by atoms with Gasteiger partial charge in [0.1, 0.15) is 12.4 Å². The number of hydrogen-bond donors (Lipinski definition) is 0. The third-order valence-electron chi connectivity index (χ3n) is 2.85. The topological polar surface area (TPSA) is 36.3 Å². The van der Waals surface area contributed by atoms with Gasteiger partial charge in [-0.2, -0.15) is 5.26 Å². The highest BCUT2D eigenvalue weighted by Crippen LogP contribution is 2.25. The second kappa shape index (κ2) is 3.92. The van der Waals surface area contributed by atoms with Crippen LogP contribution in [0, 0.1) is 11.3 Å². The Hall–Kier alpha value is -1.53. The van der Waals surface area contributed by atoms with Gasteiger partial charge in [0.05, 0.1) is 11.6 Å². The molecule has 1 atom stereocenters. The number of fused-ring (bicyclic) bond motifs is 1. The molecule has 0 fully saturated rings. The minimum absolute atomic E-state index is 0.405. The largest absolute Gasteiger partial charge is 0.492 e. The van der Waals surface area contributed by atoms with Crippen molar-refractivity contribution < 1.29 is 4.74 Å². The van der Waals surface area contributed by atoms with Crippen LogP contribution < -0.4 is 4.74 Å². The molecule has 0 N–H and O–H groups in total. The second-order valence-electron chi connectivity index (χ2n) is 4.01. The van der Waals surface area contributed by atoms with E-state index in [9.17, 15) is 0 Å². The molecule has 1 aliphatic rings. The van der Waals surface area contributed by atoms with E-state index >= 15 is 0 Å². The first-order chi connectivity index (χ1) is 7.20. The van der Waals surface area contributed by atoms with E-state index in [2.05, 4.69) is 24.9 Å². The highest BCUT2D eigenvalue weighted by atomic mass is 16.5. The summed E-state index contributed by atoms with van der Waals surface area (Å²) in [5, 5.41) is 8.80. The Morgan fingerprint density at radius 2 is 2.33 bits per heavy atom. The summed E-state index contributed by atoms with van der Waals surface area (Å²) in [7, 11) is 2.08. The normalized spacial score (nSPS) is 21.0. The molecule has 0 saturated carbocycles. The van der Waals surface area contributed by atoms with Crippen LogP contribution in [0.25, 0.3) is 0 Å². The first-order valence-electron chi connectivity index (χ1n) is 5.07. The lowest BCUT2D eigenvalue weighted by atomic mass is 10.1. The predicted octanol–water partition coefficient (Wildman–Crippen LogP) is 1.77. The van der Waals surface area contributed by atoms with Crippen LogP contribution in [0.2, 0.25) is 0 Å². The predicted molar refractivity (Wildman–Crippen MR) is 57.6 cm³/mol. The Bertz CT molecular complexity index is 409. The summed E-state index contributed by atoms with van der Waals surface area (Å²) in [5.41, 5.74) is 1.81. The molecule has 1 heterocycles. The molecule has 0 amide bonds. The Kier molecular flexibility index (Phi) is 2.61. The van der Waals surface area contributed by atoms with Crippen molar-refractivity contribution in [1.82, 2.24) is 4.90 Å². The zero-order valence-corrected chi connectivity index (χ0v) is 9.03. The Balaban J connectivity index is 2.35. The number of likely N-dealkylation sites (N-methyl/N-ethyl adjacent to an activating group) is 1. The average molecular weight is 202 g/mol. The monoisotopic (exact) mass is 202 g/mol. The first kappa shape index (κ1) is 10.0. The third-order valence-corrected chi connectivity index (χ3v) is 2.85. The molecule has 0 radical (unpaired) electrons. The molecule has 0 spiro atoms. The highest BCUT2D eigenvalue weighted by Gasteiger charge is 2.18. The summed E-state index contributed by atoms with van der Waals surface area (Å²) in [6.45, 7) is 3.69. The SMILES string of the molecule is CC1COc2cc(C#N)ccc2CN1C. The van der Waals surface area contributed by atoms with Gasteiger partial charge >= 0.3 is 0 Å². The lowest BCUT2D eigenvalue weighted by Crippen LogP contribution is -2.31. The molecule has 3 nitrogen and oxygen atoms in total. The molecule has 0 aromatic heterocycles. The van der Waals surface area contributed by atoms with E-state index < -0.39 is 0 Å². The van der Waals surface area contributed by atoms with Gasteiger partial charge in [-0.3, -0.25) is 4.90 Å². The van der Waals surface area contributed by atoms with Crippen LogP contribution >= 0.6 is 0 Å². The molecule has 0 bridgehead atoms. The summed E-state index contributed by atoms with van der Waals surface area (Å²) in [6, 6.07) is 8.17. The third kappa shape index (κ3) is 1.95. The van der Waals surface area contributed by atoms with Gasteiger partial charge in [0, 0.05) is 18.2 Å². The number of hydrogen-bond acceptors (Lipinski definition) is 3. The number of rotatable bonds is 0. The first-order valence-corrected chi connectivity index (χ1v) is 5.07. The van der Waals surface area contributed by atoms with E-state index in [4.69, 9.17) is 10.00 Å². The molecule has 3 heteroatoms. The zero-order chi connectivity index (χ0) is 10.8. The van der Waals surface area contributed by atoms with Gasteiger partial charge in [0.2, 0.25) is 0 Å². The Morgan fingerprint density at radius 3 is 3.07 bits per heavy atom. The van der Waals surface area contributed by atoms with Crippen molar-refractivity contribution in [3.8, 4) is 11.8 Å². The van der Waals surface area contributed by atoms with Gasteiger partial charge < -0.3 is 4.74 Å². The minimum atomic E-state index is 0.405. The van der Waals surface area contributed by atoms with Crippen molar-refractivity contribution >= 4 is 0 Å². The van der Waals surface area contributed by atoms with Crippen molar-refractivity contribution in [1.29, 1.82) is 5.26 Å². The highest BCUT2D eigenvalue weighted by molar-refractivity contribution is 5.42. The quantitative estimate of drug-likeness (QED) is 0.643.